The number of rotatable bonds is 8. The van der Waals surface area contributed by atoms with E-state index < -0.39 is 5.97 Å². The van der Waals surface area contributed by atoms with Gasteiger partial charge in [-0.3, -0.25) is 4.90 Å². The van der Waals surface area contributed by atoms with Crippen molar-refractivity contribution in [3.8, 4) is 0 Å². The van der Waals surface area contributed by atoms with Crippen molar-refractivity contribution in [2.24, 2.45) is 0 Å². The minimum absolute atomic E-state index is 0.321. The van der Waals surface area contributed by atoms with Gasteiger partial charge in [0, 0.05) is 11.6 Å². The topological polar surface area (TPSA) is 29.5 Å². The van der Waals surface area contributed by atoms with E-state index in [0.29, 0.717) is 22.2 Å². The van der Waals surface area contributed by atoms with Gasteiger partial charge in [-0.15, -0.1) is 0 Å². The SMILES string of the molecule is CCCN(CCC)CCOC(=O)c1ccc(Cl)cc1Cl. The fraction of sp³-hybridized carbons (Fsp3) is 0.533. The maximum Gasteiger partial charge on any atom is 0.339 e. The molecule has 0 bridgehead atoms. The fourth-order valence-electron chi connectivity index (χ4n) is 1.97. The standard InChI is InChI=1S/C15H21Cl2NO2/c1-3-7-18(8-4-2)9-10-20-15(19)13-6-5-12(16)11-14(13)17/h5-6,11H,3-4,7-10H2,1-2H3. The molecule has 0 fully saturated rings. The molecule has 3 nitrogen and oxygen atoms in total. The molecule has 1 aromatic rings. The Morgan fingerprint density at radius 1 is 1.15 bits per heavy atom. The zero-order valence-corrected chi connectivity index (χ0v) is 13.5. The van der Waals surface area contributed by atoms with Crippen molar-refractivity contribution in [1.29, 1.82) is 0 Å². The van der Waals surface area contributed by atoms with E-state index in [0.717, 1.165) is 32.5 Å². The Bertz CT molecular complexity index is 432. The van der Waals surface area contributed by atoms with Crippen LogP contribution in [0.15, 0.2) is 18.2 Å². The second kappa shape index (κ2) is 9.22. The Morgan fingerprint density at radius 3 is 2.35 bits per heavy atom. The fourth-order valence-corrected chi connectivity index (χ4v) is 2.45. The Kier molecular flexibility index (Phi) is 7.97. The molecular formula is C15H21Cl2NO2. The van der Waals surface area contributed by atoms with Gasteiger partial charge < -0.3 is 4.74 Å². The minimum atomic E-state index is -0.403. The summed E-state index contributed by atoms with van der Waals surface area (Å²) in [5, 5.41) is 0.824. The third-order valence-electron chi connectivity index (χ3n) is 2.87. The van der Waals surface area contributed by atoms with Gasteiger partial charge in [0.15, 0.2) is 0 Å². The molecule has 112 valence electrons. The van der Waals surface area contributed by atoms with Gasteiger partial charge in [0.2, 0.25) is 0 Å². The molecule has 0 atom stereocenters. The molecule has 0 aliphatic rings. The number of esters is 1. The third kappa shape index (κ3) is 5.70. The number of carbonyl (C=O) groups excluding carboxylic acids is 1. The van der Waals surface area contributed by atoms with Crippen LogP contribution in [0.3, 0.4) is 0 Å². The number of halogens is 2. The zero-order chi connectivity index (χ0) is 15.0. The highest BCUT2D eigenvalue weighted by Crippen LogP contribution is 2.21. The van der Waals surface area contributed by atoms with Crippen molar-refractivity contribution in [2.75, 3.05) is 26.2 Å². The van der Waals surface area contributed by atoms with E-state index in [1.54, 1.807) is 18.2 Å². The Morgan fingerprint density at radius 2 is 1.80 bits per heavy atom. The lowest BCUT2D eigenvalue weighted by Gasteiger charge is -2.20. The van der Waals surface area contributed by atoms with Crippen LogP contribution in [0.4, 0.5) is 0 Å². The highest BCUT2D eigenvalue weighted by Gasteiger charge is 2.12. The first-order chi connectivity index (χ1) is 9.58. The predicted octanol–water partition coefficient (Wildman–Crippen LogP) is 4.27. The maximum atomic E-state index is 11.9. The first-order valence-corrected chi connectivity index (χ1v) is 7.68. The summed E-state index contributed by atoms with van der Waals surface area (Å²) in [6.45, 7) is 7.45. The number of carbonyl (C=O) groups is 1. The van der Waals surface area contributed by atoms with Crippen molar-refractivity contribution < 1.29 is 9.53 Å². The van der Waals surface area contributed by atoms with E-state index in [1.807, 2.05) is 0 Å². The molecule has 1 rings (SSSR count). The summed E-state index contributed by atoms with van der Waals surface area (Å²) in [5.41, 5.74) is 0.355. The summed E-state index contributed by atoms with van der Waals surface area (Å²) in [5.74, 6) is -0.403. The van der Waals surface area contributed by atoms with Crippen molar-refractivity contribution >= 4 is 29.2 Å². The number of benzene rings is 1. The van der Waals surface area contributed by atoms with Gasteiger partial charge in [0.25, 0.3) is 0 Å². The molecule has 0 unspecified atom stereocenters. The van der Waals surface area contributed by atoms with Gasteiger partial charge in [0.1, 0.15) is 6.61 Å². The molecule has 5 heteroatoms. The summed E-state index contributed by atoms with van der Waals surface area (Å²) >= 11 is 11.8. The van der Waals surface area contributed by atoms with Crippen LogP contribution in [-0.4, -0.2) is 37.1 Å². The van der Waals surface area contributed by atoms with Gasteiger partial charge in [-0.05, 0) is 44.1 Å². The van der Waals surface area contributed by atoms with E-state index in [1.165, 1.54) is 0 Å². The second-order valence-corrected chi connectivity index (χ2v) is 5.45. The molecule has 0 N–H and O–H groups in total. The van der Waals surface area contributed by atoms with Gasteiger partial charge in [-0.2, -0.15) is 0 Å². The summed E-state index contributed by atoms with van der Waals surface area (Å²) in [7, 11) is 0. The normalized spacial score (nSPS) is 10.8. The van der Waals surface area contributed by atoms with Crippen molar-refractivity contribution in [2.45, 2.75) is 26.7 Å². The lowest BCUT2D eigenvalue weighted by molar-refractivity contribution is 0.0462. The third-order valence-corrected chi connectivity index (χ3v) is 3.42. The Hall–Kier alpha value is -0.770. The van der Waals surface area contributed by atoms with Crippen molar-refractivity contribution in [3.63, 3.8) is 0 Å². The number of ether oxygens (including phenoxy) is 1. The Labute approximate surface area is 130 Å². The molecule has 0 saturated heterocycles. The number of hydrogen-bond donors (Lipinski definition) is 0. The molecule has 0 radical (unpaired) electrons. The van der Waals surface area contributed by atoms with Gasteiger partial charge in [0.05, 0.1) is 10.6 Å². The van der Waals surface area contributed by atoms with Gasteiger partial charge in [-0.1, -0.05) is 37.0 Å². The summed E-state index contributed by atoms with van der Waals surface area (Å²) in [6.07, 6.45) is 2.19. The summed E-state index contributed by atoms with van der Waals surface area (Å²) < 4.78 is 5.26. The minimum Gasteiger partial charge on any atom is -0.461 e. The van der Waals surface area contributed by atoms with E-state index in [9.17, 15) is 4.79 Å². The average molecular weight is 318 g/mol. The average Bonchev–Trinajstić information content (AvgIpc) is 2.39. The predicted molar refractivity (Wildman–Crippen MR) is 83.8 cm³/mol. The van der Waals surface area contributed by atoms with Crippen LogP contribution in [0.1, 0.15) is 37.0 Å². The smallest absolute Gasteiger partial charge is 0.339 e. The molecule has 0 heterocycles. The van der Waals surface area contributed by atoms with E-state index in [4.69, 9.17) is 27.9 Å². The Balaban J connectivity index is 2.46. The highest BCUT2D eigenvalue weighted by molar-refractivity contribution is 6.36. The number of hydrogen-bond acceptors (Lipinski definition) is 3. The van der Waals surface area contributed by atoms with E-state index in [-0.39, 0.29) is 0 Å². The largest absolute Gasteiger partial charge is 0.461 e. The summed E-state index contributed by atoms with van der Waals surface area (Å²) in [4.78, 5) is 14.2. The molecule has 0 aliphatic heterocycles. The first-order valence-electron chi connectivity index (χ1n) is 6.93. The number of nitrogens with zero attached hydrogens (tertiary/aromatic N) is 1. The molecule has 20 heavy (non-hydrogen) atoms. The quantitative estimate of drug-likeness (QED) is 0.670. The van der Waals surface area contributed by atoms with E-state index in [2.05, 4.69) is 18.7 Å². The molecular weight excluding hydrogens is 297 g/mol. The van der Waals surface area contributed by atoms with Gasteiger partial charge in [-0.25, -0.2) is 4.79 Å². The highest BCUT2D eigenvalue weighted by atomic mass is 35.5. The molecule has 1 aromatic carbocycles. The second-order valence-electron chi connectivity index (χ2n) is 4.60. The first kappa shape index (κ1) is 17.3. The zero-order valence-electron chi connectivity index (χ0n) is 12.0. The van der Waals surface area contributed by atoms with E-state index >= 15 is 0 Å². The van der Waals surface area contributed by atoms with Gasteiger partial charge >= 0.3 is 5.97 Å². The lowest BCUT2D eigenvalue weighted by atomic mass is 10.2. The molecule has 0 spiro atoms. The van der Waals surface area contributed by atoms with Crippen LogP contribution in [0.2, 0.25) is 10.0 Å². The molecule has 0 aromatic heterocycles. The van der Waals surface area contributed by atoms with Crippen molar-refractivity contribution in [3.05, 3.63) is 33.8 Å². The van der Waals surface area contributed by atoms with Crippen molar-refractivity contribution in [1.82, 2.24) is 4.90 Å². The molecule has 0 amide bonds. The van der Waals surface area contributed by atoms with Crippen LogP contribution in [0.25, 0.3) is 0 Å². The molecule has 0 aliphatic carbocycles. The van der Waals surface area contributed by atoms with Crippen LogP contribution in [0, 0.1) is 0 Å². The monoisotopic (exact) mass is 317 g/mol. The van der Waals surface area contributed by atoms with Crippen LogP contribution in [0.5, 0.6) is 0 Å². The summed E-state index contributed by atoms with van der Waals surface area (Å²) in [6, 6.07) is 4.76. The maximum absolute atomic E-state index is 11.9. The van der Waals surface area contributed by atoms with Crippen LogP contribution >= 0.6 is 23.2 Å². The lowest BCUT2D eigenvalue weighted by Crippen LogP contribution is -2.30. The van der Waals surface area contributed by atoms with Crippen LogP contribution < -0.4 is 0 Å². The van der Waals surface area contributed by atoms with Crippen LogP contribution in [-0.2, 0) is 4.74 Å². The molecule has 0 saturated carbocycles.